The van der Waals surface area contributed by atoms with Crippen molar-refractivity contribution >= 4 is 17.6 Å². The second kappa shape index (κ2) is 10.5. The van der Waals surface area contributed by atoms with Crippen molar-refractivity contribution in [3.63, 3.8) is 0 Å². The largest absolute Gasteiger partial charge is 0.381 e. The first-order valence-corrected chi connectivity index (χ1v) is 8.26. The van der Waals surface area contributed by atoms with Gasteiger partial charge in [-0.15, -0.1) is 0 Å². The fourth-order valence-electron chi connectivity index (χ4n) is 2.15. The molecule has 6 heteroatoms. The van der Waals surface area contributed by atoms with Crippen LogP contribution in [0, 0.1) is 0 Å². The van der Waals surface area contributed by atoms with E-state index in [2.05, 4.69) is 22.1 Å². The molecular formula is C16H29ClN4O. The Morgan fingerprint density at radius 2 is 2.14 bits per heavy atom. The topological polar surface area (TPSA) is 41.8 Å². The first-order chi connectivity index (χ1) is 10.6. The molecule has 0 spiro atoms. The van der Waals surface area contributed by atoms with Gasteiger partial charge in [-0.1, -0.05) is 24.9 Å². The summed E-state index contributed by atoms with van der Waals surface area (Å²) < 4.78 is 7.59. The average Bonchev–Trinajstić information content (AvgIpc) is 2.79. The highest BCUT2D eigenvalue weighted by Gasteiger charge is 2.09. The molecule has 0 amide bonds. The highest BCUT2D eigenvalue weighted by atomic mass is 35.5. The van der Waals surface area contributed by atoms with Crippen LogP contribution in [-0.2, 0) is 18.3 Å². The highest BCUT2D eigenvalue weighted by molar-refractivity contribution is 6.30. The van der Waals surface area contributed by atoms with E-state index in [1.165, 1.54) is 6.42 Å². The fraction of sp³-hybridized carbons (Fsp3) is 0.688. The average molecular weight is 329 g/mol. The van der Waals surface area contributed by atoms with Gasteiger partial charge in [0, 0.05) is 52.8 Å². The second-order valence-electron chi connectivity index (χ2n) is 5.41. The lowest BCUT2D eigenvalue weighted by molar-refractivity contribution is 0.129. The van der Waals surface area contributed by atoms with Crippen LogP contribution in [0.2, 0.25) is 5.02 Å². The first kappa shape index (κ1) is 18.8. The van der Waals surface area contributed by atoms with Crippen molar-refractivity contribution in [1.82, 2.24) is 14.8 Å². The first-order valence-electron chi connectivity index (χ1n) is 7.88. The molecule has 1 aromatic heterocycles. The highest BCUT2D eigenvalue weighted by Crippen LogP contribution is 2.14. The predicted molar refractivity (Wildman–Crippen MR) is 93.6 cm³/mol. The van der Waals surface area contributed by atoms with Crippen LogP contribution >= 0.6 is 11.6 Å². The fourth-order valence-corrected chi connectivity index (χ4v) is 2.42. The summed E-state index contributed by atoms with van der Waals surface area (Å²) in [5, 5.41) is 4.12. The van der Waals surface area contributed by atoms with Crippen LogP contribution in [0.1, 0.15) is 31.9 Å². The second-order valence-corrected chi connectivity index (χ2v) is 5.85. The maximum absolute atomic E-state index is 6.02. The Hall–Kier alpha value is -1.20. The molecule has 0 saturated heterocycles. The lowest BCUT2D eigenvalue weighted by Crippen LogP contribution is -2.39. The van der Waals surface area contributed by atoms with E-state index in [0.29, 0.717) is 0 Å². The molecule has 0 aliphatic heterocycles. The lowest BCUT2D eigenvalue weighted by atomic mass is 10.3. The molecule has 0 bridgehead atoms. The van der Waals surface area contributed by atoms with Gasteiger partial charge in [0.1, 0.15) is 0 Å². The van der Waals surface area contributed by atoms with E-state index in [-0.39, 0.29) is 0 Å². The van der Waals surface area contributed by atoms with E-state index in [0.717, 1.165) is 55.8 Å². The summed E-state index contributed by atoms with van der Waals surface area (Å²) in [7, 11) is 5.82. The molecule has 0 aliphatic carbocycles. The Kier molecular flexibility index (Phi) is 9.01. The number of aliphatic imine (C=N–C) groups is 1. The van der Waals surface area contributed by atoms with Crippen molar-refractivity contribution in [2.45, 2.75) is 32.7 Å². The number of unbranched alkanes of at least 4 members (excludes halogenated alkanes) is 1. The molecule has 0 aliphatic rings. The van der Waals surface area contributed by atoms with Gasteiger partial charge >= 0.3 is 0 Å². The Bertz CT molecular complexity index is 459. The maximum Gasteiger partial charge on any atom is 0.193 e. The van der Waals surface area contributed by atoms with Crippen LogP contribution in [0.25, 0.3) is 0 Å². The molecule has 22 heavy (non-hydrogen) atoms. The van der Waals surface area contributed by atoms with Gasteiger partial charge in [-0.25, -0.2) is 0 Å². The third kappa shape index (κ3) is 6.71. The lowest BCUT2D eigenvalue weighted by Gasteiger charge is -2.22. The molecule has 0 fully saturated rings. The van der Waals surface area contributed by atoms with E-state index in [9.17, 15) is 0 Å². The summed E-state index contributed by atoms with van der Waals surface area (Å²) in [6, 6.07) is 1.98. The van der Waals surface area contributed by atoms with Crippen LogP contribution in [-0.4, -0.2) is 49.3 Å². The summed E-state index contributed by atoms with van der Waals surface area (Å²) >= 11 is 6.02. The third-order valence-electron chi connectivity index (χ3n) is 3.44. The monoisotopic (exact) mass is 328 g/mol. The van der Waals surface area contributed by atoms with Crippen LogP contribution in [0.5, 0.6) is 0 Å². The van der Waals surface area contributed by atoms with Gasteiger partial charge < -0.3 is 19.5 Å². The van der Waals surface area contributed by atoms with Crippen LogP contribution in [0.3, 0.4) is 0 Å². The molecule has 1 rings (SSSR count). The van der Waals surface area contributed by atoms with Crippen molar-refractivity contribution in [2.24, 2.45) is 12.0 Å². The van der Waals surface area contributed by atoms with Gasteiger partial charge in [0.2, 0.25) is 0 Å². The van der Waals surface area contributed by atoms with Gasteiger partial charge in [-0.2, -0.15) is 0 Å². The number of hydrogen-bond acceptors (Lipinski definition) is 2. The normalized spacial score (nSPS) is 11.8. The number of hydrogen-bond donors (Lipinski definition) is 1. The minimum absolute atomic E-state index is 0.760. The predicted octanol–water partition coefficient (Wildman–Crippen LogP) is 2.89. The van der Waals surface area contributed by atoms with E-state index in [1.807, 2.05) is 30.9 Å². The number of ether oxygens (including phenoxy) is 1. The van der Waals surface area contributed by atoms with Crippen molar-refractivity contribution in [3.05, 3.63) is 23.0 Å². The summed E-state index contributed by atoms with van der Waals surface area (Å²) in [6.07, 6.45) is 5.21. The van der Waals surface area contributed by atoms with Crippen molar-refractivity contribution in [3.8, 4) is 0 Å². The van der Waals surface area contributed by atoms with Gasteiger partial charge in [-0.05, 0) is 18.9 Å². The Labute approximate surface area is 139 Å². The zero-order valence-electron chi connectivity index (χ0n) is 14.2. The minimum atomic E-state index is 0.760. The van der Waals surface area contributed by atoms with Gasteiger partial charge in [0.05, 0.1) is 11.6 Å². The molecule has 0 unspecified atom stereocenters. The molecule has 0 radical (unpaired) electrons. The van der Waals surface area contributed by atoms with E-state index >= 15 is 0 Å². The number of aryl methyl sites for hydroxylation is 1. The smallest absolute Gasteiger partial charge is 0.193 e. The summed E-state index contributed by atoms with van der Waals surface area (Å²) in [6.45, 7) is 5.44. The number of halogens is 1. The zero-order valence-corrected chi connectivity index (χ0v) is 15.0. The van der Waals surface area contributed by atoms with Crippen molar-refractivity contribution in [1.29, 1.82) is 0 Å². The van der Waals surface area contributed by atoms with Crippen molar-refractivity contribution in [2.75, 3.05) is 33.9 Å². The molecule has 126 valence electrons. The Morgan fingerprint density at radius 3 is 2.73 bits per heavy atom. The van der Waals surface area contributed by atoms with Gasteiger partial charge in [-0.3, -0.25) is 4.99 Å². The summed E-state index contributed by atoms with van der Waals surface area (Å²) in [4.78, 5) is 6.40. The summed E-state index contributed by atoms with van der Waals surface area (Å²) in [5.41, 5.74) is 1.15. The molecule has 1 heterocycles. The zero-order chi connectivity index (χ0) is 16.4. The van der Waals surface area contributed by atoms with Crippen LogP contribution in [0.4, 0.5) is 0 Å². The van der Waals surface area contributed by atoms with E-state index in [4.69, 9.17) is 16.3 Å². The maximum atomic E-state index is 6.02. The van der Waals surface area contributed by atoms with Crippen LogP contribution < -0.4 is 5.32 Å². The van der Waals surface area contributed by atoms with E-state index in [1.54, 1.807) is 7.05 Å². The number of guanidine groups is 1. The number of nitrogens with zero attached hydrogens (tertiary/aromatic N) is 3. The molecular weight excluding hydrogens is 300 g/mol. The van der Waals surface area contributed by atoms with Gasteiger partial charge in [0.25, 0.3) is 0 Å². The molecule has 0 aromatic carbocycles. The molecule has 1 N–H and O–H groups in total. The SMILES string of the molecule is CCCCOCCCNC(=NC)N(C)Cc1cc(Cl)cn1C. The minimum Gasteiger partial charge on any atom is -0.381 e. The van der Waals surface area contributed by atoms with Crippen LogP contribution in [0.15, 0.2) is 17.3 Å². The van der Waals surface area contributed by atoms with Gasteiger partial charge in [0.15, 0.2) is 5.96 Å². The molecule has 0 saturated carbocycles. The Morgan fingerprint density at radius 1 is 1.41 bits per heavy atom. The standard InChI is InChI=1S/C16H29ClN4O/c1-5-6-9-22-10-7-8-19-16(18-2)21(4)13-15-11-14(17)12-20(15)3/h11-12H,5-10,13H2,1-4H3,(H,18,19). The van der Waals surface area contributed by atoms with E-state index < -0.39 is 0 Å². The number of rotatable bonds is 9. The summed E-state index contributed by atoms with van der Waals surface area (Å²) in [5.74, 6) is 0.880. The molecule has 1 aromatic rings. The third-order valence-corrected chi connectivity index (χ3v) is 3.64. The number of aromatic nitrogens is 1. The molecule has 0 atom stereocenters. The molecule has 5 nitrogen and oxygen atoms in total. The Balaban J connectivity index is 2.30. The quantitative estimate of drug-likeness (QED) is 0.430. The van der Waals surface area contributed by atoms with Crippen molar-refractivity contribution < 1.29 is 4.74 Å². The number of nitrogens with one attached hydrogen (secondary N) is 1.